The maximum absolute atomic E-state index is 13.6. The molecule has 1 aromatic heterocycles. The molecule has 0 aliphatic carbocycles. The van der Waals surface area contributed by atoms with Gasteiger partial charge in [-0.1, -0.05) is 31.5 Å². The maximum atomic E-state index is 13.6. The van der Waals surface area contributed by atoms with E-state index in [2.05, 4.69) is 22.5 Å². The zero-order valence-electron chi connectivity index (χ0n) is 12.6. The number of nitrogens with zero attached hydrogens (tertiary/aromatic N) is 1. The van der Waals surface area contributed by atoms with Gasteiger partial charge in [-0.3, -0.25) is 9.78 Å². The fourth-order valence-corrected chi connectivity index (χ4v) is 1.97. The molecule has 4 nitrogen and oxygen atoms in total. The van der Waals surface area contributed by atoms with Gasteiger partial charge in [-0.2, -0.15) is 0 Å². The van der Waals surface area contributed by atoms with Crippen LogP contribution in [0.2, 0.25) is 0 Å². The second-order valence-electron chi connectivity index (χ2n) is 4.98. The minimum atomic E-state index is -0.249. The van der Waals surface area contributed by atoms with E-state index in [9.17, 15) is 9.18 Å². The van der Waals surface area contributed by atoms with Crippen LogP contribution in [0, 0.1) is 5.82 Å². The number of hydrogen-bond donors (Lipinski definition) is 2. The highest BCUT2D eigenvalue weighted by atomic mass is 19.1. The normalized spacial score (nSPS) is 10.3. The van der Waals surface area contributed by atoms with Crippen LogP contribution < -0.4 is 10.6 Å². The lowest BCUT2D eigenvalue weighted by Gasteiger charge is -2.09. The topological polar surface area (TPSA) is 54.0 Å². The fraction of sp³-hybridized carbons (Fsp3) is 0.294. The molecular formula is C17H20FN3O. The molecule has 0 atom stereocenters. The monoisotopic (exact) mass is 301 g/mol. The van der Waals surface area contributed by atoms with Crippen LogP contribution in [0.3, 0.4) is 0 Å². The van der Waals surface area contributed by atoms with Gasteiger partial charge in [0, 0.05) is 30.5 Å². The number of aromatic nitrogens is 1. The predicted octanol–water partition coefficient (Wildman–Crippen LogP) is 3.36. The number of carbonyl (C=O) groups is 1. The van der Waals surface area contributed by atoms with Crippen LogP contribution in [0.15, 0.2) is 42.6 Å². The van der Waals surface area contributed by atoms with E-state index in [4.69, 9.17) is 0 Å². The smallest absolute Gasteiger partial charge is 0.269 e. The highest BCUT2D eigenvalue weighted by Crippen LogP contribution is 2.12. The molecule has 0 saturated carbocycles. The zero-order chi connectivity index (χ0) is 15.8. The van der Waals surface area contributed by atoms with Crippen LogP contribution >= 0.6 is 0 Å². The lowest BCUT2D eigenvalue weighted by Crippen LogP contribution is -2.25. The third-order valence-corrected chi connectivity index (χ3v) is 3.25. The number of amides is 1. The first-order valence-electron chi connectivity index (χ1n) is 7.42. The summed E-state index contributed by atoms with van der Waals surface area (Å²) in [5.74, 6) is -0.440. The Morgan fingerprint density at radius 2 is 2.09 bits per heavy atom. The van der Waals surface area contributed by atoms with Gasteiger partial charge in [0.1, 0.15) is 11.5 Å². The molecule has 0 aliphatic heterocycles. The molecule has 0 saturated heterocycles. The van der Waals surface area contributed by atoms with E-state index in [1.807, 2.05) is 0 Å². The van der Waals surface area contributed by atoms with Gasteiger partial charge < -0.3 is 10.6 Å². The van der Waals surface area contributed by atoms with Crippen LogP contribution in [-0.4, -0.2) is 17.4 Å². The summed E-state index contributed by atoms with van der Waals surface area (Å²) in [6.45, 7) is 3.06. The first-order chi connectivity index (χ1) is 10.7. The molecule has 0 unspecified atom stereocenters. The first kappa shape index (κ1) is 15.9. The van der Waals surface area contributed by atoms with Gasteiger partial charge in [-0.05, 0) is 24.6 Å². The molecule has 1 heterocycles. The molecule has 0 fully saturated rings. The SMILES string of the molecule is CCCCNC(=O)c1cc(NCc2ccccc2F)ccn1. The minimum Gasteiger partial charge on any atom is -0.381 e. The summed E-state index contributed by atoms with van der Waals surface area (Å²) in [5.41, 5.74) is 1.67. The van der Waals surface area contributed by atoms with Crippen molar-refractivity contribution in [3.63, 3.8) is 0 Å². The van der Waals surface area contributed by atoms with Crippen LogP contribution in [0.1, 0.15) is 35.8 Å². The molecule has 2 N–H and O–H groups in total. The molecule has 0 spiro atoms. The van der Waals surface area contributed by atoms with Gasteiger partial charge in [0.2, 0.25) is 0 Å². The Morgan fingerprint density at radius 3 is 2.86 bits per heavy atom. The van der Waals surface area contributed by atoms with Crippen molar-refractivity contribution in [1.29, 1.82) is 0 Å². The van der Waals surface area contributed by atoms with Crippen molar-refractivity contribution in [3.05, 3.63) is 59.7 Å². The average Bonchev–Trinajstić information content (AvgIpc) is 2.54. The first-order valence-corrected chi connectivity index (χ1v) is 7.42. The molecule has 2 rings (SSSR count). The standard InChI is InChI=1S/C17H20FN3O/c1-2-3-9-20-17(22)16-11-14(8-10-19-16)21-12-13-6-4-5-7-15(13)18/h4-8,10-11H,2-3,9,12H2,1H3,(H,19,21)(H,20,22). The quantitative estimate of drug-likeness (QED) is 0.771. The number of halogens is 1. The summed E-state index contributed by atoms with van der Waals surface area (Å²) in [7, 11) is 0. The van der Waals surface area contributed by atoms with Crippen LogP contribution in [0.25, 0.3) is 0 Å². The molecule has 0 radical (unpaired) electrons. The number of pyridine rings is 1. The Balaban J connectivity index is 1.96. The van der Waals surface area contributed by atoms with E-state index < -0.39 is 0 Å². The highest BCUT2D eigenvalue weighted by molar-refractivity contribution is 5.93. The van der Waals surface area contributed by atoms with Crippen molar-refractivity contribution >= 4 is 11.6 Å². The molecule has 116 valence electrons. The van der Waals surface area contributed by atoms with Crippen molar-refractivity contribution in [2.24, 2.45) is 0 Å². The number of nitrogens with one attached hydrogen (secondary N) is 2. The second-order valence-corrected chi connectivity index (χ2v) is 4.98. The summed E-state index contributed by atoms with van der Waals surface area (Å²) in [4.78, 5) is 16.0. The number of carbonyl (C=O) groups excluding carboxylic acids is 1. The molecule has 0 bridgehead atoms. The highest BCUT2D eigenvalue weighted by Gasteiger charge is 2.07. The Hall–Kier alpha value is -2.43. The number of hydrogen-bond acceptors (Lipinski definition) is 3. The van der Waals surface area contributed by atoms with E-state index in [1.54, 1.807) is 36.5 Å². The van der Waals surface area contributed by atoms with Crippen molar-refractivity contribution in [2.75, 3.05) is 11.9 Å². The lowest BCUT2D eigenvalue weighted by atomic mass is 10.2. The van der Waals surface area contributed by atoms with Crippen molar-refractivity contribution in [2.45, 2.75) is 26.3 Å². The third kappa shape index (κ3) is 4.55. The minimum absolute atomic E-state index is 0.192. The van der Waals surface area contributed by atoms with Gasteiger partial charge >= 0.3 is 0 Å². The molecule has 2 aromatic rings. The van der Waals surface area contributed by atoms with E-state index in [-0.39, 0.29) is 11.7 Å². The van der Waals surface area contributed by atoms with Crippen molar-refractivity contribution in [3.8, 4) is 0 Å². The Bertz CT molecular complexity index is 631. The largest absolute Gasteiger partial charge is 0.381 e. The summed E-state index contributed by atoms with van der Waals surface area (Å²) in [5, 5.41) is 5.93. The fourth-order valence-electron chi connectivity index (χ4n) is 1.97. The molecular weight excluding hydrogens is 281 g/mol. The Kier molecular flexibility index (Phi) is 5.89. The van der Waals surface area contributed by atoms with Crippen LogP contribution in [-0.2, 0) is 6.54 Å². The van der Waals surface area contributed by atoms with Crippen LogP contribution in [0.5, 0.6) is 0 Å². The van der Waals surface area contributed by atoms with Crippen LogP contribution in [0.4, 0.5) is 10.1 Å². The van der Waals surface area contributed by atoms with Crippen molar-refractivity contribution in [1.82, 2.24) is 10.3 Å². The van der Waals surface area contributed by atoms with E-state index in [1.165, 1.54) is 6.07 Å². The molecule has 5 heteroatoms. The summed E-state index contributed by atoms with van der Waals surface area (Å²) < 4.78 is 13.6. The maximum Gasteiger partial charge on any atom is 0.269 e. The number of anilines is 1. The number of unbranched alkanes of at least 4 members (excludes halogenated alkanes) is 1. The van der Waals surface area contributed by atoms with Gasteiger partial charge in [0.05, 0.1) is 0 Å². The Labute approximate surface area is 129 Å². The molecule has 1 aromatic carbocycles. The van der Waals surface area contributed by atoms with Crippen molar-refractivity contribution < 1.29 is 9.18 Å². The summed E-state index contributed by atoms with van der Waals surface area (Å²) >= 11 is 0. The van der Waals surface area contributed by atoms with E-state index >= 15 is 0 Å². The van der Waals surface area contributed by atoms with Gasteiger partial charge in [-0.25, -0.2) is 4.39 Å². The van der Waals surface area contributed by atoms with E-state index in [0.717, 1.165) is 18.5 Å². The number of benzene rings is 1. The number of rotatable bonds is 7. The second kappa shape index (κ2) is 8.12. The van der Waals surface area contributed by atoms with Gasteiger partial charge in [0.25, 0.3) is 5.91 Å². The van der Waals surface area contributed by atoms with Gasteiger partial charge in [0.15, 0.2) is 0 Å². The average molecular weight is 301 g/mol. The molecule has 22 heavy (non-hydrogen) atoms. The Morgan fingerprint density at radius 1 is 1.27 bits per heavy atom. The molecule has 1 amide bonds. The summed E-state index contributed by atoms with van der Waals surface area (Å²) in [6, 6.07) is 10.0. The zero-order valence-corrected chi connectivity index (χ0v) is 12.6. The molecule has 0 aliphatic rings. The predicted molar refractivity (Wildman–Crippen MR) is 85.2 cm³/mol. The third-order valence-electron chi connectivity index (χ3n) is 3.25. The van der Waals surface area contributed by atoms with Gasteiger partial charge in [-0.15, -0.1) is 0 Å². The summed E-state index contributed by atoms with van der Waals surface area (Å²) in [6.07, 6.45) is 3.54. The lowest BCUT2D eigenvalue weighted by molar-refractivity contribution is 0.0948. The van der Waals surface area contributed by atoms with E-state index in [0.29, 0.717) is 24.3 Å².